The molecule has 13 heavy (non-hydrogen) atoms. The van der Waals surface area contributed by atoms with Crippen molar-refractivity contribution in [3.05, 3.63) is 47.5 Å². The minimum absolute atomic E-state index is 0.431. The van der Waals surface area contributed by atoms with Gasteiger partial charge in [-0.3, -0.25) is 5.10 Å². The lowest BCUT2D eigenvalue weighted by atomic mass is 10.4. The summed E-state index contributed by atoms with van der Waals surface area (Å²) in [6.07, 6.45) is 1.41. The average molecular weight is 194 g/mol. The van der Waals surface area contributed by atoms with Crippen molar-refractivity contribution in [2.24, 2.45) is 0 Å². The summed E-state index contributed by atoms with van der Waals surface area (Å²) < 4.78 is 1.66. The maximum atomic E-state index is 5.16. The van der Waals surface area contributed by atoms with Gasteiger partial charge in [0.05, 0.1) is 0 Å². The van der Waals surface area contributed by atoms with Crippen LogP contribution in [0.25, 0.3) is 0 Å². The van der Waals surface area contributed by atoms with E-state index in [0.717, 1.165) is 0 Å². The second-order valence-corrected chi connectivity index (χ2v) is 2.61. The molecule has 1 aromatic heterocycles. The summed E-state index contributed by atoms with van der Waals surface area (Å²) in [5.41, 5.74) is 0. The molecule has 0 saturated carbocycles. The molecule has 0 spiro atoms. The topological polar surface area (TPSA) is 59.6 Å². The number of nitrogens with two attached hydrogens (primary N) is 1. The van der Waals surface area contributed by atoms with Crippen molar-refractivity contribution in [1.82, 2.24) is 14.9 Å². The predicted molar refractivity (Wildman–Crippen MR) is 54.0 cm³/mol. The first-order valence-electron chi connectivity index (χ1n) is 3.68. The van der Waals surface area contributed by atoms with Gasteiger partial charge in [-0.05, 0) is 12.2 Å². The van der Waals surface area contributed by atoms with Gasteiger partial charge in [0.25, 0.3) is 0 Å². The highest BCUT2D eigenvalue weighted by Crippen LogP contribution is 1.79. The van der Waals surface area contributed by atoms with E-state index in [9.17, 15) is 0 Å². The number of rotatable bonds is 0. The van der Waals surface area contributed by atoms with Crippen LogP contribution in [-0.4, -0.2) is 14.9 Å². The summed E-state index contributed by atoms with van der Waals surface area (Å²) in [5, 5.41) is 6.00. The SMILES string of the molecule is Nn1cn[nH]c1=S.c1ccccc1. The Hall–Kier alpha value is -1.62. The number of benzene rings is 1. The van der Waals surface area contributed by atoms with Crippen LogP contribution >= 0.6 is 12.2 Å². The smallest absolute Gasteiger partial charge is 0.213 e. The Labute approximate surface area is 81.0 Å². The summed E-state index contributed by atoms with van der Waals surface area (Å²) in [5.74, 6) is 5.16. The molecule has 68 valence electrons. The summed E-state index contributed by atoms with van der Waals surface area (Å²) in [6.45, 7) is 0. The molecule has 0 aliphatic carbocycles. The standard InChI is InChI=1S/C6H6.C2H4N4S/c1-2-4-6-5-3-1;3-6-1-4-5-2(6)7/h1-6H;1H,3H2,(H,5,7). The Bertz CT molecular complexity index is 352. The van der Waals surface area contributed by atoms with Crippen LogP contribution in [0.4, 0.5) is 0 Å². The molecule has 0 aliphatic rings. The lowest BCUT2D eigenvalue weighted by Gasteiger charge is -1.79. The molecule has 0 unspecified atom stereocenters. The second kappa shape index (κ2) is 5.10. The number of nitrogen functional groups attached to an aromatic ring is 1. The first-order chi connectivity index (χ1) is 6.30. The molecule has 0 atom stereocenters. The van der Waals surface area contributed by atoms with Gasteiger partial charge in [-0.2, -0.15) is 5.10 Å². The third-order valence-electron chi connectivity index (χ3n) is 1.24. The van der Waals surface area contributed by atoms with E-state index in [1.54, 1.807) is 0 Å². The Morgan fingerprint density at radius 2 is 1.62 bits per heavy atom. The molecule has 0 saturated heterocycles. The number of hydrogen-bond donors (Lipinski definition) is 2. The van der Waals surface area contributed by atoms with Crippen LogP contribution in [-0.2, 0) is 0 Å². The fourth-order valence-electron chi connectivity index (χ4n) is 0.641. The van der Waals surface area contributed by atoms with Crippen LogP contribution in [0.2, 0.25) is 0 Å². The van der Waals surface area contributed by atoms with E-state index in [-0.39, 0.29) is 0 Å². The molecule has 3 N–H and O–H groups in total. The maximum Gasteiger partial charge on any atom is 0.213 e. The average Bonchev–Trinajstić information content (AvgIpc) is 2.55. The molecule has 2 rings (SSSR count). The fraction of sp³-hybridized carbons (Fsp3) is 0. The Kier molecular flexibility index (Phi) is 3.72. The number of H-pyrrole nitrogens is 1. The van der Waals surface area contributed by atoms with Gasteiger partial charge in [-0.1, -0.05) is 36.4 Å². The summed E-state index contributed by atoms with van der Waals surface area (Å²) in [7, 11) is 0. The second-order valence-electron chi connectivity index (χ2n) is 2.22. The lowest BCUT2D eigenvalue weighted by Crippen LogP contribution is -2.05. The summed E-state index contributed by atoms with van der Waals surface area (Å²) >= 11 is 4.61. The monoisotopic (exact) mass is 194 g/mol. The molecule has 0 bridgehead atoms. The van der Waals surface area contributed by atoms with E-state index in [1.807, 2.05) is 36.4 Å². The molecule has 2 aromatic rings. The van der Waals surface area contributed by atoms with E-state index in [2.05, 4.69) is 22.4 Å². The zero-order valence-electron chi connectivity index (χ0n) is 6.92. The minimum Gasteiger partial charge on any atom is -0.336 e. The van der Waals surface area contributed by atoms with E-state index in [0.29, 0.717) is 4.77 Å². The first kappa shape index (κ1) is 9.47. The number of nitrogens with one attached hydrogen (secondary N) is 1. The minimum atomic E-state index is 0.431. The molecule has 5 heteroatoms. The number of aromatic nitrogens is 3. The Balaban J connectivity index is 0.000000132. The Morgan fingerprint density at radius 1 is 1.15 bits per heavy atom. The van der Waals surface area contributed by atoms with Crippen molar-refractivity contribution in [2.45, 2.75) is 0 Å². The largest absolute Gasteiger partial charge is 0.336 e. The molecular formula is C8H10N4S. The molecule has 4 nitrogen and oxygen atoms in total. The van der Waals surface area contributed by atoms with Crippen LogP contribution in [0.15, 0.2) is 42.7 Å². The first-order valence-corrected chi connectivity index (χ1v) is 4.08. The quantitative estimate of drug-likeness (QED) is 0.491. The highest BCUT2D eigenvalue weighted by molar-refractivity contribution is 7.71. The van der Waals surface area contributed by atoms with Crippen LogP contribution < -0.4 is 5.84 Å². The van der Waals surface area contributed by atoms with Crippen molar-refractivity contribution in [2.75, 3.05) is 5.84 Å². The van der Waals surface area contributed by atoms with Gasteiger partial charge >= 0.3 is 0 Å². The van der Waals surface area contributed by atoms with Crippen LogP contribution in [0.5, 0.6) is 0 Å². The molecule has 0 amide bonds. The van der Waals surface area contributed by atoms with Gasteiger partial charge in [0, 0.05) is 0 Å². The highest BCUT2D eigenvalue weighted by atomic mass is 32.1. The van der Waals surface area contributed by atoms with E-state index in [1.165, 1.54) is 11.0 Å². The zero-order valence-corrected chi connectivity index (χ0v) is 7.74. The highest BCUT2D eigenvalue weighted by Gasteiger charge is 1.78. The van der Waals surface area contributed by atoms with Crippen molar-refractivity contribution in [3.8, 4) is 0 Å². The van der Waals surface area contributed by atoms with Crippen LogP contribution in [0, 0.1) is 4.77 Å². The van der Waals surface area contributed by atoms with Crippen molar-refractivity contribution < 1.29 is 0 Å². The molecular weight excluding hydrogens is 184 g/mol. The van der Waals surface area contributed by atoms with Crippen molar-refractivity contribution in [1.29, 1.82) is 0 Å². The van der Waals surface area contributed by atoms with E-state index < -0.39 is 0 Å². The summed E-state index contributed by atoms with van der Waals surface area (Å²) in [6, 6.07) is 12.0. The molecule has 1 aromatic carbocycles. The van der Waals surface area contributed by atoms with Crippen LogP contribution in [0.3, 0.4) is 0 Å². The molecule has 0 aliphatic heterocycles. The number of nitrogens with zero attached hydrogens (tertiary/aromatic N) is 2. The lowest BCUT2D eigenvalue weighted by molar-refractivity contribution is 0.977. The Morgan fingerprint density at radius 3 is 1.77 bits per heavy atom. The van der Waals surface area contributed by atoms with E-state index in [4.69, 9.17) is 5.84 Å². The predicted octanol–water partition coefficient (Wildman–Crippen LogP) is 1.34. The maximum absolute atomic E-state index is 5.16. The normalized spacial score (nSPS) is 8.62. The number of aromatic amines is 1. The van der Waals surface area contributed by atoms with Gasteiger partial charge in [-0.25, -0.2) is 4.68 Å². The number of hydrogen-bond acceptors (Lipinski definition) is 3. The molecule has 1 heterocycles. The zero-order chi connectivity index (χ0) is 9.52. The van der Waals surface area contributed by atoms with Gasteiger partial charge in [0.2, 0.25) is 4.77 Å². The summed E-state index contributed by atoms with van der Waals surface area (Å²) in [4.78, 5) is 0. The van der Waals surface area contributed by atoms with Gasteiger partial charge in [-0.15, -0.1) is 0 Å². The van der Waals surface area contributed by atoms with E-state index >= 15 is 0 Å². The molecule has 0 radical (unpaired) electrons. The molecule has 0 fully saturated rings. The van der Waals surface area contributed by atoms with Gasteiger partial charge in [0.15, 0.2) is 0 Å². The fourth-order valence-corrected chi connectivity index (χ4v) is 0.741. The van der Waals surface area contributed by atoms with Crippen molar-refractivity contribution in [3.63, 3.8) is 0 Å². The third kappa shape index (κ3) is 3.53. The van der Waals surface area contributed by atoms with Crippen molar-refractivity contribution >= 4 is 12.2 Å². The van der Waals surface area contributed by atoms with Gasteiger partial charge in [0.1, 0.15) is 6.33 Å². The van der Waals surface area contributed by atoms with Gasteiger partial charge < -0.3 is 5.84 Å². The van der Waals surface area contributed by atoms with Crippen LogP contribution in [0.1, 0.15) is 0 Å². The third-order valence-corrected chi connectivity index (χ3v) is 1.55.